The van der Waals surface area contributed by atoms with E-state index in [1.165, 1.54) is 18.4 Å². The Hall–Kier alpha value is -1.83. The molecule has 1 heterocycles. The number of nitrogens with zero attached hydrogens (tertiary/aromatic N) is 2. The fourth-order valence-electron chi connectivity index (χ4n) is 0.995. The minimum absolute atomic E-state index is 0.109. The first-order valence-corrected chi connectivity index (χ1v) is 3.73. The standard InChI is InChI=1S/C8H8N2O3/c1-6(13-5-9)4-10-7(11)2-3-8(10)12/h2-3,6H,4H2,1H3. The molecule has 2 amide bonds. The van der Waals surface area contributed by atoms with Crippen molar-refractivity contribution < 1.29 is 14.3 Å². The smallest absolute Gasteiger partial charge is 0.286 e. The van der Waals surface area contributed by atoms with E-state index in [9.17, 15) is 9.59 Å². The second kappa shape index (κ2) is 3.72. The number of carbonyl (C=O) groups excluding carboxylic acids is 2. The van der Waals surface area contributed by atoms with Gasteiger partial charge >= 0.3 is 0 Å². The molecule has 0 aromatic heterocycles. The molecule has 68 valence electrons. The highest BCUT2D eigenvalue weighted by Crippen LogP contribution is 2.05. The van der Waals surface area contributed by atoms with Gasteiger partial charge in [-0.2, -0.15) is 5.26 Å². The largest absolute Gasteiger partial charge is 0.423 e. The van der Waals surface area contributed by atoms with Crippen molar-refractivity contribution in [1.29, 1.82) is 5.26 Å². The lowest BCUT2D eigenvalue weighted by molar-refractivity contribution is -0.138. The lowest BCUT2D eigenvalue weighted by Crippen LogP contribution is -2.36. The van der Waals surface area contributed by atoms with Gasteiger partial charge in [0.15, 0.2) is 0 Å². The highest BCUT2D eigenvalue weighted by atomic mass is 16.5. The van der Waals surface area contributed by atoms with Crippen molar-refractivity contribution >= 4 is 11.8 Å². The summed E-state index contributed by atoms with van der Waals surface area (Å²) in [5.41, 5.74) is 0. The Bertz CT molecular complexity index is 285. The van der Waals surface area contributed by atoms with Crippen LogP contribution in [0.25, 0.3) is 0 Å². The molecule has 0 radical (unpaired) electrons. The average molecular weight is 180 g/mol. The quantitative estimate of drug-likeness (QED) is 0.445. The molecule has 0 bridgehead atoms. The summed E-state index contributed by atoms with van der Waals surface area (Å²) in [6, 6.07) is 0. The van der Waals surface area contributed by atoms with Crippen molar-refractivity contribution in [2.45, 2.75) is 13.0 Å². The summed E-state index contributed by atoms with van der Waals surface area (Å²) in [7, 11) is 0. The number of hydrogen-bond donors (Lipinski definition) is 0. The zero-order valence-corrected chi connectivity index (χ0v) is 7.06. The van der Waals surface area contributed by atoms with Crippen LogP contribution in [0.5, 0.6) is 0 Å². The van der Waals surface area contributed by atoms with Crippen molar-refractivity contribution in [3.8, 4) is 6.26 Å². The SMILES string of the molecule is CC(CN1C(=O)C=CC1=O)OC#N. The fourth-order valence-corrected chi connectivity index (χ4v) is 0.995. The number of hydrogen-bond acceptors (Lipinski definition) is 4. The summed E-state index contributed by atoms with van der Waals surface area (Å²) in [6.45, 7) is 1.72. The number of nitriles is 1. The average Bonchev–Trinajstić information content (AvgIpc) is 2.36. The van der Waals surface area contributed by atoms with Crippen molar-refractivity contribution in [1.82, 2.24) is 4.90 Å². The van der Waals surface area contributed by atoms with Crippen LogP contribution < -0.4 is 0 Å². The van der Waals surface area contributed by atoms with Gasteiger partial charge in [0.2, 0.25) is 0 Å². The Morgan fingerprint density at radius 1 is 1.54 bits per heavy atom. The van der Waals surface area contributed by atoms with E-state index in [0.717, 1.165) is 4.90 Å². The molecule has 0 aromatic carbocycles. The van der Waals surface area contributed by atoms with Gasteiger partial charge in [0.05, 0.1) is 6.54 Å². The minimum Gasteiger partial charge on any atom is -0.423 e. The number of amides is 2. The third-order valence-corrected chi connectivity index (χ3v) is 1.59. The number of carbonyl (C=O) groups is 2. The van der Waals surface area contributed by atoms with Gasteiger partial charge in [0.25, 0.3) is 18.1 Å². The first-order chi connectivity index (χ1) is 6.15. The molecular formula is C8H8N2O3. The lowest BCUT2D eigenvalue weighted by atomic mass is 10.3. The molecule has 0 aliphatic carbocycles. The predicted octanol–water partition coefficient (Wildman–Crippen LogP) is -0.202. The Morgan fingerprint density at radius 3 is 2.54 bits per heavy atom. The highest BCUT2D eigenvalue weighted by molar-refractivity contribution is 6.12. The predicted molar refractivity (Wildman–Crippen MR) is 42.0 cm³/mol. The second-order valence-corrected chi connectivity index (χ2v) is 2.64. The summed E-state index contributed by atoms with van der Waals surface area (Å²) in [5.74, 6) is -0.725. The molecule has 0 spiro atoms. The van der Waals surface area contributed by atoms with Crippen LogP contribution in [0.15, 0.2) is 12.2 Å². The Morgan fingerprint density at radius 2 is 2.08 bits per heavy atom. The maximum absolute atomic E-state index is 11.0. The summed E-state index contributed by atoms with van der Waals surface area (Å²) in [6.07, 6.45) is 3.43. The van der Waals surface area contributed by atoms with Crippen LogP contribution in [-0.2, 0) is 14.3 Å². The maximum atomic E-state index is 11.0. The normalized spacial score (nSPS) is 17.4. The first-order valence-electron chi connectivity index (χ1n) is 3.73. The number of imide groups is 1. The molecule has 1 unspecified atom stereocenters. The highest BCUT2D eigenvalue weighted by Gasteiger charge is 2.25. The molecule has 0 N–H and O–H groups in total. The van der Waals surface area contributed by atoms with E-state index in [1.54, 1.807) is 6.92 Å². The van der Waals surface area contributed by atoms with Crippen LogP contribution in [0.1, 0.15) is 6.92 Å². The van der Waals surface area contributed by atoms with Crippen molar-refractivity contribution in [3.05, 3.63) is 12.2 Å². The van der Waals surface area contributed by atoms with Crippen LogP contribution in [0.2, 0.25) is 0 Å². The van der Waals surface area contributed by atoms with E-state index >= 15 is 0 Å². The zero-order chi connectivity index (χ0) is 9.84. The molecule has 0 saturated carbocycles. The molecule has 0 fully saturated rings. The summed E-state index contributed by atoms with van der Waals surface area (Å²) >= 11 is 0. The van der Waals surface area contributed by atoms with Gasteiger partial charge in [-0.25, -0.2) is 0 Å². The molecule has 5 heteroatoms. The third kappa shape index (κ3) is 2.06. The van der Waals surface area contributed by atoms with E-state index in [2.05, 4.69) is 4.74 Å². The third-order valence-electron chi connectivity index (χ3n) is 1.59. The summed E-state index contributed by atoms with van der Waals surface area (Å²) < 4.78 is 4.53. The van der Waals surface area contributed by atoms with Gasteiger partial charge in [-0.1, -0.05) is 0 Å². The van der Waals surface area contributed by atoms with E-state index in [0.29, 0.717) is 0 Å². The number of ether oxygens (including phenoxy) is 1. The van der Waals surface area contributed by atoms with E-state index < -0.39 is 6.10 Å². The second-order valence-electron chi connectivity index (χ2n) is 2.64. The van der Waals surface area contributed by atoms with Gasteiger partial charge in [-0.05, 0) is 6.92 Å². The van der Waals surface area contributed by atoms with Crippen LogP contribution in [0.3, 0.4) is 0 Å². The summed E-state index contributed by atoms with van der Waals surface area (Å²) in [5, 5.41) is 8.17. The van der Waals surface area contributed by atoms with Crippen molar-refractivity contribution in [2.75, 3.05) is 6.54 Å². The summed E-state index contributed by atoms with van der Waals surface area (Å²) in [4.78, 5) is 23.0. The molecule has 0 aromatic rings. The van der Waals surface area contributed by atoms with E-state index in [-0.39, 0.29) is 18.4 Å². The molecule has 1 atom stereocenters. The molecular weight excluding hydrogens is 172 g/mol. The van der Waals surface area contributed by atoms with Crippen LogP contribution >= 0.6 is 0 Å². The van der Waals surface area contributed by atoms with Crippen LogP contribution in [0.4, 0.5) is 0 Å². The Labute approximate surface area is 75.2 Å². The first kappa shape index (κ1) is 9.26. The zero-order valence-electron chi connectivity index (χ0n) is 7.06. The van der Waals surface area contributed by atoms with Crippen LogP contribution in [-0.4, -0.2) is 29.4 Å². The van der Waals surface area contributed by atoms with Gasteiger partial charge in [0, 0.05) is 12.2 Å². The number of rotatable bonds is 3. The van der Waals surface area contributed by atoms with Gasteiger partial charge in [-0.15, -0.1) is 0 Å². The molecule has 5 nitrogen and oxygen atoms in total. The van der Waals surface area contributed by atoms with Crippen molar-refractivity contribution in [3.63, 3.8) is 0 Å². The topological polar surface area (TPSA) is 70.4 Å². The van der Waals surface area contributed by atoms with E-state index in [1.807, 2.05) is 0 Å². The van der Waals surface area contributed by atoms with Gasteiger partial charge < -0.3 is 4.74 Å². The molecule has 13 heavy (non-hydrogen) atoms. The monoisotopic (exact) mass is 180 g/mol. The molecule has 0 saturated heterocycles. The minimum atomic E-state index is -0.460. The van der Waals surface area contributed by atoms with Crippen LogP contribution in [0, 0.1) is 11.5 Å². The maximum Gasteiger partial charge on any atom is 0.286 e. The molecule has 1 rings (SSSR count). The van der Waals surface area contributed by atoms with Gasteiger partial charge in [0.1, 0.15) is 6.10 Å². The lowest BCUT2D eigenvalue weighted by Gasteiger charge is -2.16. The molecule has 1 aliphatic heterocycles. The Balaban J connectivity index is 2.51. The fraction of sp³-hybridized carbons (Fsp3) is 0.375. The Kier molecular flexibility index (Phi) is 2.65. The molecule has 1 aliphatic rings. The van der Waals surface area contributed by atoms with E-state index in [4.69, 9.17) is 5.26 Å². The van der Waals surface area contributed by atoms with Gasteiger partial charge in [-0.3, -0.25) is 14.5 Å². The van der Waals surface area contributed by atoms with Crippen molar-refractivity contribution in [2.24, 2.45) is 0 Å².